The van der Waals surface area contributed by atoms with Gasteiger partial charge in [0.25, 0.3) is 5.92 Å². The second-order valence-electron chi connectivity index (χ2n) is 3.22. The third kappa shape index (κ3) is 1.18. The zero-order valence-corrected chi connectivity index (χ0v) is 6.67. The first-order valence-electron chi connectivity index (χ1n) is 3.88. The molecule has 0 fully saturated rings. The maximum atomic E-state index is 12.9. The van der Waals surface area contributed by atoms with Crippen molar-refractivity contribution in [2.75, 3.05) is 0 Å². The van der Waals surface area contributed by atoms with E-state index in [2.05, 4.69) is 0 Å². The van der Waals surface area contributed by atoms with E-state index in [0.29, 0.717) is 5.56 Å². The molecular weight excluding hydrogens is 178 g/mol. The van der Waals surface area contributed by atoms with E-state index in [1.165, 1.54) is 18.2 Å². The van der Waals surface area contributed by atoms with Crippen LogP contribution in [0.2, 0.25) is 0 Å². The van der Waals surface area contributed by atoms with Gasteiger partial charge < -0.3 is 10.2 Å². The van der Waals surface area contributed by atoms with Gasteiger partial charge in [0.1, 0.15) is 11.9 Å². The second kappa shape index (κ2) is 2.42. The highest BCUT2D eigenvalue weighted by Gasteiger charge is 2.46. The molecule has 70 valence electrons. The normalized spacial score (nSPS) is 24.4. The number of hydrogen-bond acceptors (Lipinski definition) is 2. The number of halogens is 2. The average molecular weight is 186 g/mol. The van der Waals surface area contributed by atoms with Crippen molar-refractivity contribution in [2.45, 2.75) is 18.4 Å². The van der Waals surface area contributed by atoms with Crippen LogP contribution in [-0.4, -0.2) is 16.1 Å². The molecule has 13 heavy (non-hydrogen) atoms. The number of alkyl halides is 2. The molecule has 0 radical (unpaired) electrons. The zero-order valence-electron chi connectivity index (χ0n) is 6.67. The Bertz CT molecular complexity index is 349. The Labute approximate surface area is 73.4 Å². The third-order valence-corrected chi connectivity index (χ3v) is 2.25. The minimum absolute atomic E-state index is 0.101. The number of fused-ring (bicyclic) bond motifs is 1. The lowest BCUT2D eigenvalue weighted by Gasteiger charge is -2.12. The largest absolute Gasteiger partial charge is 0.508 e. The summed E-state index contributed by atoms with van der Waals surface area (Å²) in [5.41, 5.74) is 0.528. The van der Waals surface area contributed by atoms with Crippen molar-refractivity contribution in [3.8, 4) is 5.75 Å². The first-order chi connectivity index (χ1) is 6.00. The van der Waals surface area contributed by atoms with E-state index in [0.717, 1.165) is 0 Å². The van der Waals surface area contributed by atoms with Crippen molar-refractivity contribution >= 4 is 0 Å². The summed E-state index contributed by atoms with van der Waals surface area (Å²) in [5.74, 6) is -3.20. The molecule has 0 bridgehead atoms. The van der Waals surface area contributed by atoms with Crippen LogP contribution in [0.1, 0.15) is 17.2 Å². The van der Waals surface area contributed by atoms with Crippen LogP contribution < -0.4 is 0 Å². The summed E-state index contributed by atoms with van der Waals surface area (Å²) < 4.78 is 25.9. The summed E-state index contributed by atoms with van der Waals surface area (Å²) in [6.45, 7) is 0. The molecule has 1 unspecified atom stereocenters. The number of aromatic hydroxyl groups is 1. The number of aliphatic hydroxyl groups excluding tert-OH is 1. The lowest BCUT2D eigenvalue weighted by atomic mass is 10.1. The molecule has 4 heteroatoms. The van der Waals surface area contributed by atoms with E-state index < -0.39 is 18.4 Å². The van der Waals surface area contributed by atoms with Gasteiger partial charge in [0.05, 0.1) is 0 Å². The Balaban J connectivity index is 2.51. The molecule has 1 atom stereocenters. The monoisotopic (exact) mass is 186 g/mol. The van der Waals surface area contributed by atoms with Gasteiger partial charge in [-0.1, -0.05) is 6.07 Å². The maximum absolute atomic E-state index is 12.9. The first-order valence-corrected chi connectivity index (χ1v) is 3.88. The topological polar surface area (TPSA) is 40.5 Å². The molecule has 1 aromatic rings. The first kappa shape index (κ1) is 8.44. The third-order valence-electron chi connectivity index (χ3n) is 2.25. The summed E-state index contributed by atoms with van der Waals surface area (Å²) in [7, 11) is 0. The second-order valence-corrected chi connectivity index (χ2v) is 3.22. The molecule has 1 aliphatic carbocycles. The summed E-state index contributed by atoms with van der Waals surface area (Å²) >= 11 is 0. The van der Waals surface area contributed by atoms with E-state index in [1.807, 2.05) is 0 Å². The van der Waals surface area contributed by atoms with E-state index in [4.69, 9.17) is 5.11 Å². The van der Waals surface area contributed by atoms with Crippen molar-refractivity contribution in [2.24, 2.45) is 0 Å². The van der Waals surface area contributed by atoms with Crippen LogP contribution in [0.4, 0.5) is 8.78 Å². The SMILES string of the molecule is Oc1ccc2c(c1)C(O)C(F)(F)C2. The quantitative estimate of drug-likeness (QED) is 0.646. The molecule has 2 N–H and O–H groups in total. The number of hydrogen-bond donors (Lipinski definition) is 2. The molecule has 0 aliphatic heterocycles. The van der Waals surface area contributed by atoms with Gasteiger partial charge in [0.2, 0.25) is 0 Å². The molecule has 0 heterocycles. The van der Waals surface area contributed by atoms with Crippen molar-refractivity contribution in [3.63, 3.8) is 0 Å². The highest BCUT2D eigenvalue weighted by molar-refractivity contribution is 5.41. The van der Waals surface area contributed by atoms with Gasteiger partial charge in [-0.25, -0.2) is 8.78 Å². The molecule has 2 nitrogen and oxygen atoms in total. The van der Waals surface area contributed by atoms with Crippen LogP contribution in [0.25, 0.3) is 0 Å². The van der Waals surface area contributed by atoms with Crippen molar-refractivity contribution in [1.29, 1.82) is 0 Å². The summed E-state index contributed by atoms with van der Waals surface area (Å²) in [6, 6.07) is 3.93. The van der Waals surface area contributed by atoms with Gasteiger partial charge in [-0.15, -0.1) is 0 Å². The minimum atomic E-state index is -3.10. The van der Waals surface area contributed by atoms with Gasteiger partial charge in [0.15, 0.2) is 0 Å². The van der Waals surface area contributed by atoms with Crippen LogP contribution in [0.3, 0.4) is 0 Å². The van der Waals surface area contributed by atoms with Crippen LogP contribution in [0, 0.1) is 0 Å². The number of phenolic OH excluding ortho intramolecular Hbond substituents is 1. The lowest BCUT2D eigenvalue weighted by Crippen LogP contribution is -2.21. The number of aliphatic hydroxyl groups is 1. The van der Waals surface area contributed by atoms with E-state index >= 15 is 0 Å². The van der Waals surface area contributed by atoms with E-state index in [-0.39, 0.29) is 11.3 Å². The Morgan fingerprint density at radius 2 is 2.08 bits per heavy atom. The number of phenols is 1. The Morgan fingerprint density at radius 3 is 2.77 bits per heavy atom. The zero-order chi connectivity index (χ0) is 9.64. The fraction of sp³-hybridized carbons (Fsp3) is 0.333. The Kier molecular flexibility index (Phi) is 1.57. The van der Waals surface area contributed by atoms with Gasteiger partial charge in [-0.3, -0.25) is 0 Å². The van der Waals surface area contributed by atoms with Crippen molar-refractivity contribution in [3.05, 3.63) is 29.3 Å². The minimum Gasteiger partial charge on any atom is -0.508 e. The average Bonchev–Trinajstić information content (AvgIpc) is 2.26. The molecule has 0 amide bonds. The Morgan fingerprint density at radius 1 is 1.38 bits per heavy atom. The standard InChI is InChI=1S/C9H8F2O2/c10-9(11)4-5-1-2-6(12)3-7(5)8(9)13/h1-3,8,12-13H,4H2. The van der Waals surface area contributed by atoms with E-state index in [1.54, 1.807) is 0 Å². The highest BCUT2D eigenvalue weighted by atomic mass is 19.3. The van der Waals surface area contributed by atoms with Gasteiger partial charge in [-0.2, -0.15) is 0 Å². The smallest absolute Gasteiger partial charge is 0.281 e. The highest BCUT2D eigenvalue weighted by Crippen LogP contribution is 2.43. The lowest BCUT2D eigenvalue weighted by molar-refractivity contribution is -0.0968. The molecule has 0 saturated heterocycles. The Hall–Kier alpha value is -1.16. The van der Waals surface area contributed by atoms with Crippen LogP contribution in [0.15, 0.2) is 18.2 Å². The summed E-state index contributed by atoms with van der Waals surface area (Å²) in [4.78, 5) is 0. The molecule has 0 spiro atoms. The number of benzene rings is 1. The molecule has 2 rings (SSSR count). The summed E-state index contributed by atoms with van der Waals surface area (Å²) in [6.07, 6.45) is -2.24. The van der Waals surface area contributed by atoms with Crippen molar-refractivity contribution < 1.29 is 19.0 Å². The van der Waals surface area contributed by atoms with Gasteiger partial charge in [0, 0.05) is 6.42 Å². The molecule has 0 saturated carbocycles. The van der Waals surface area contributed by atoms with Crippen LogP contribution in [-0.2, 0) is 6.42 Å². The van der Waals surface area contributed by atoms with E-state index in [9.17, 15) is 13.9 Å². The summed E-state index contributed by atoms with van der Waals surface area (Å²) in [5, 5.41) is 18.2. The predicted molar refractivity (Wildman–Crippen MR) is 41.7 cm³/mol. The van der Waals surface area contributed by atoms with Crippen LogP contribution in [0.5, 0.6) is 5.75 Å². The number of rotatable bonds is 0. The van der Waals surface area contributed by atoms with Gasteiger partial charge >= 0.3 is 0 Å². The van der Waals surface area contributed by atoms with Gasteiger partial charge in [-0.05, 0) is 23.3 Å². The fourth-order valence-corrected chi connectivity index (χ4v) is 1.58. The van der Waals surface area contributed by atoms with Crippen molar-refractivity contribution in [1.82, 2.24) is 0 Å². The molecule has 0 aromatic heterocycles. The van der Waals surface area contributed by atoms with Crippen LogP contribution >= 0.6 is 0 Å². The predicted octanol–water partition coefficient (Wildman–Crippen LogP) is 1.62. The molecule has 1 aromatic carbocycles. The molecule has 1 aliphatic rings. The molecular formula is C9H8F2O2. The fourth-order valence-electron chi connectivity index (χ4n) is 1.58. The maximum Gasteiger partial charge on any atom is 0.281 e.